The maximum absolute atomic E-state index is 12.7. The number of halogens is 1. The number of carbonyl (C=O) groups is 2. The van der Waals surface area contributed by atoms with Gasteiger partial charge >= 0.3 is 0 Å². The van der Waals surface area contributed by atoms with Gasteiger partial charge in [0, 0.05) is 17.1 Å². The summed E-state index contributed by atoms with van der Waals surface area (Å²) < 4.78 is 16.5. The number of ether oxygens (including phenoxy) is 3. The molecule has 170 valence electrons. The van der Waals surface area contributed by atoms with Gasteiger partial charge in [-0.15, -0.1) is 0 Å². The Bertz CT molecular complexity index is 967. The summed E-state index contributed by atoms with van der Waals surface area (Å²) in [6.07, 6.45) is 0.465. The number of carbonyl (C=O) groups excluding carboxylic acids is 2. The highest BCUT2D eigenvalue weighted by Crippen LogP contribution is 2.32. The molecule has 32 heavy (non-hydrogen) atoms. The maximum atomic E-state index is 12.7. The van der Waals surface area contributed by atoms with Crippen molar-refractivity contribution in [1.82, 2.24) is 10.6 Å². The normalized spacial score (nSPS) is 21.8. The molecule has 0 radical (unpaired) electrons. The van der Waals surface area contributed by atoms with Crippen molar-refractivity contribution < 1.29 is 28.9 Å². The van der Waals surface area contributed by atoms with E-state index in [1.54, 1.807) is 30.3 Å². The van der Waals surface area contributed by atoms with Gasteiger partial charge in [-0.05, 0) is 48.7 Å². The smallest absolute Gasteiger partial charge is 0.251 e. The molecule has 2 aromatic rings. The van der Waals surface area contributed by atoms with Crippen molar-refractivity contribution in [2.45, 2.75) is 44.1 Å². The molecule has 8 nitrogen and oxygen atoms in total. The van der Waals surface area contributed by atoms with Gasteiger partial charge in [-0.3, -0.25) is 9.59 Å². The molecule has 0 saturated carbocycles. The zero-order chi connectivity index (χ0) is 22.5. The van der Waals surface area contributed by atoms with Crippen LogP contribution in [0, 0.1) is 0 Å². The highest BCUT2D eigenvalue weighted by Gasteiger charge is 2.33. The Labute approximate surface area is 190 Å². The van der Waals surface area contributed by atoms with Gasteiger partial charge < -0.3 is 30.0 Å². The third-order valence-corrected chi connectivity index (χ3v) is 5.81. The van der Waals surface area contributed by atoms with Crippen LogP contribution in [0.15, 0.2) is 42.5 Å². The zero-order valence-electron chi connectivity index (χ0n) is 17.4. The molecule has 9 heteroatoms. The van der Waals surface area contributed by atoms with Gasteiger partial charge in [-0.2, -0.15) is 0 Å². The molecule has 0 spiro atoms. The highest BCUT2D eigenvalue weighted by atomic mass is 35.5. The molecular weight excluding hydrogens is 436 g/mol. The van der Waals surface area contributed by atoms with Crippen LogP contribution in [0.2, 0.25) is 5.02 Å². The van der Waals surface area contributed by atoms with Crippen molar-refractivity contribution in [2.24, 2.45) is 0 Å². The Morgan fingerprint density at radius 1 is 1.06 bits per heavy atom. The van der Waals surface area contributed by atoms with Gasteiger partial charge in [0.25, 0.3) is 5.91 Å². The minimum Gasteiger partial charge on any atom is -0.454 e. The molecule has 0 aromatic heterocycles. The number of aliphatic hydroxyl groups excluding tert-OH is 1. The van der Waals surface area contributed by atoms with E-state index < -0.39 is 6.10 Å². The van der Waals surface area contributed by atoms with Crippen LogP contribution in [0.5, 0.6) is 11.5 Å². The van der Waals surface area contributed by atoms with E-state index in [1.165, 1.54) is 0 Å². The first-order chi connectivity index (χ1) is 15.5. The largest absolute Gasteiger partial charge is 0.454 e. The maximum Gasteiger partial charge on any atom is 0.251 e. The summed E-state index contributed by atoms with van der Waals surface area (Å²) in [6, 6.07) is 11.9. The summed E-state index contributed by atoms with van der Waals surface area (Å²) in [5.41, 5.74) is 1.39. The summed E-state index contributed by atoms with van der Waals surface area (Å²) in [4.78, 5) is 25.0. The summed E-state index contributed by atoms with van der Waals surface area (Å²) in [5.74, 6) is 0.716. The van der Waals surface area contributed by atoms with Gasteiger partial charge in [-0.1, -0.05) is 23.7 Å². The van der Waals surface area contributed by atoms with Crippen molar-refractivity contribution in [2.75, 3.05) is 13.4 Å². The highest BCUT2D eigenvalue weighted by molar-refractivity contribution is 6.30. The molecule has 2 amide bonds. The van der Waals surface area contributed by atoms with Crippen molar-refractivity contribution in [1.29, 1.82) is 0 Å². The number of amides is 2. The lowest BCUT2D eigenvalue weighted by molar-refractivity contribution is -0.131. The Kier molecular flexibility index (Phi) is 7.14. The Hall–Kier alpha value is -2.81. The zero-order valence-corrected chi connectivity index (χ0v) is 18.1. The number of benzene rings is 2. The molecule has 2 heterocycles. The minimum atomic E-state index is -0.587. The van der Waals surface area contributed by atoms with Crippen LogP contribution in [0.3, 0.4) is 0 Å². The number of hydrogen-bond donors (Lipinski definition) is 3. The molecule has 2 aromatic carbocycles. The number of aliphatic hydroxyl groups is 1. The Morgan fingerprint density at radius 2 is 1.84 bits per heavy atom. The molecular formula is C23H25ClN2O6. The average Bonchev–Trinajstić information content (AvgIpc) is 3.27. The van der Waals surface area contributed by atoms with Crippen molar-refractivity contribution >= 4 is 23.4 Å². The molecule has 2 aliphatic rings. The minimum absolute atomic E-state index is 0.135. The van der Waals surface area contributed by atoms with Crippen molar-refractivity contribution in [3.63, 3.8) is 0 Å². The second kappa shape index (κ2) is 10.2. The summed E-state index contributed by atoms with van der Waals surface area (Å²) >= 11 is 5.87. The van der Waals surface area contributed by atoms with Gasteiger partial charge in [0.1, 0.15) is 6.10 Å². The number of rotatable bonds is 7. The van der Waals surface area contributed by atoms with Gasteiger partial charge in [0.15, 0.2) is 11.5 Å². The first-order valence-corrected chi connectivity index (χ1v) is 10.9. The monoisotopic (exact) mass is 460 g/mol. The molecule has 0 bridgehead atoms. The first-order valence-electron chi connectivity index (χ1n) is 10.5. The van der Waals surface area contributed by atoms with E-state index in [0.29, 0.717) is 41.5 Å². The SMILES string of the molecule is O=C(C[C@@H]1CC[C@H](NC(=O)c2ccc3c(c2)OCO3)[C@H](CO)O1)NCc1ccc(Cl)cc1. The quantitative estimate of drug-likeness (QED) is 0.586. The van der Waals surface area contributed by atoms with Gasteiger partial charge in [0.2, 0.25) is 12.7 Å². The first kappa shape index (κ1) is 22.4. The van der Waals surface area contributed by atoms with Crippen molar-refractivity contribution in [3.8, 4) is 11.5 Å². The lowest BCUT2D eigenvalue weighted by atomic mass is 9.96. The Morgan fingerprint density at radius 3 is 2.62 bits per heavy atom. The number of nitrogens with one attached hydrogen (secondary N) is 2. The van der Waals surface area contributed by atoms with Crippen LogP contribution in [0.25, 0.3) is 0 Å². The van der Waals surface area contributed by atoms with E-state index in [2.05, 4.69) is 10.6 Å². The van der Waals surface area contributed by atoms with E-state index in [0.717, 1.165) is 5.56 Å². The molecule has 1 fully saturated rings. The summed E-state index contributed by atoms with van der Waals surface area (Å²) in [7, 11) is 0. The fourth-order valence-corrected chi connectivity index (χ4v) is 3.94. The molecule has 3 atom stereocenters. The van der Waals surface area contributed by atoms with Crippen molar-refractivity contribution in [3.05, 3.63) is 58.6 Å². The predicted octanol–water partition coefficient (Wildman–Crippen LogP) is 2.41. The van der Waals surface area contributed by atoms with Crippen LogP contribution in [0.1, 0.15) is 35.2 Å². The van der Waals surface area contributed by atoms with E-state index in [-0.39, 0.29) is 43.8 Å². The van der Waals surface area contributed by atoms with Gasteiger partial charge in [-0.25, -0.2) is 0 Å². The standard InChI is InChI=1S/C23H25ClN2O6/c24-16-4-1-14(2-5-16)11-25-22(28)10-17-6-7-18(21(12-27)32-17)26-23(29)15-3-8-19-20(9-15)31-13-30-19/h1-5,8-9,17-18,21,27H,6-7,10-13H2,(H,25,28)(H,26,29)/t17-,18-,21-/m0/s1. The fourth-order valence-electron chi connectivity index (χ4n) is 3.82. The van der Waals surface area contributed by atoms with Crippen LogP contribution >= 0.6 is 11.6 Å². The molecule has 4 rings (SSSR count). The topological polar surface area (TPSA) is 106 Å². The second-order valence-corrected chi connectivity index (χ2v) is 8.25. The molecule has 2 aliphatic heterocycles. The summed E-state index contributed by atoms with van der Waals surface area (Å²) in [6.45, 7) is 0.285. The predicted molar refractivity (Wildman–Crippen MR) is 117 cm³/mol. The van der Waals surface area contributed by atoms with Crippen LogP contribution in [-0.2, 0) is 16.1 Å². The van der Waals surface area contributed by atoms with E-state index in [1.807, 2.05) is 12.1 Å². The lowest BCUT2D eigenvalue weighted by Gasteiger charge is -2.36. The molecule has 0 aliphatic carbocycles. The number of hydrogen-bond acceptors (Lipinski definition) is 6. The van der Waals surface area contributed by atoms with E-state index >= 15 is 0 Å². The lowest BCUT2D eigenvalue weighted by Crippen LogP contribution is -2.51. The average molecular weight is 461 g/mol. The summed E-state index contributed by atoms with van der Waals surface area (Å²) in [5, 5.41) is 16.2. The Balaban J connectivity index is 1.26. The van der Waals surface area contributed by atoms with E-state index in [4.69, 9.17) is 25.8 Å². The third kappa shape index (κ3) is 5.51. The molecule has 0 unspecified atom stereocenters. The number of fused-ring (bicyclic) bond motifs is 1. The second-order valence-electron chi connectivity index (χ2n) is 7.81. The van der Waals surface area contributed by atoms with Gasteiger partial charge in [0.05, 0.1) is 25.2 Å². The van der Waals surface area contributed by atoms with Crippen LogP contribution in [-0.4, -0.2) is 48.6 Å². The van der Waals surface area contributed by atoms with Crippen LogP contribution < -0.4 is 20.1 Å². The molecule has 3 N–H and O–H groups in total. The van der Waals surface area contributed by atoms with E-state index in [9.17, 15) is 14.7 Å². The van der Waals surface area contributed by atoms with Crippen LogP contribution in [0.4, 0.5) is 0 Å². The third-order valence-electron chi connectivity index (χ3n) is 5.56. The molecule has 1 saturated heterocycles. The fraction of sp³-hybridized carbons (Fsp3) is 0.391.